The highest BCUT2D eigenvalue weighted by molar-refractivity contribution is 9.10. The van der Waals surface area contributed by atoms with E-state index in [1.807, 2.05) is 20.8 Å². The third kappa shape index (κ3) is 2.63. The Hall–Kier alpha value is -2.22. The van der Waals surface area contributed by atoms with Crippen LogP contribution in [0.3, 0.4) is 0 Å². The van der Waals surface area contributed by atoms with Gasteiger partial charge in [-0.1, -0.05) is 0 Å². The number of hydrogen-bond donors (Lipinski definition) is 1. The zero-order valence-corrected chi connectivity index (χ0v) is 15.0. The molecule has 8 heteroatoms. The van der Waals surface area contributed by atoms with E-state index in [9.17, 15) is 0 Å². The Morgan fingerprint density at radius 3 is 2.70 bits per heavy atom. The average Bonchev–Trinajstić information content (AvgIpc) is 2.79. The summed E-state index contributed by atoms with van der Waals surface area (Å²) in [6.07, 6.45) is 1.80. The lowest BCUT2D eigenvalue weighted by Gasteiger charge is -2.12. The van der Waals surface area contributed by atoms with Crippen LogP contribution < -0.4 is 10.5 Å². The number of ether oxygens (including phenoxy) is 1. The SMILES string of the molecule is COc1c(C)cnc(Cn2nc(C)c3c(Br)nc(N)nc32)c1C. The zero-order valence-electron chi connectivity index (χ0n) is 13.4. The maximum absolute atomic E-state index is 5.76. The molecular formula is C15H17BrN6O. The van der Waals surface area contributed by atoms with Gasteiger partial charge in [0.05, 0.1) is 30.4 Å². The predicted molar refractivity (Wildman–Crippen MR) is 91.5 cm³/mol. The van der Waals surface area contributed by atoms with Crippen molar-refractivity contribution in [2.45, 2.75) is 27.3 Å². The van der Waals surface area contributed by atoms with Crippen LogP contribution in [-0.2, 0) is 6.54 Å². The standard InChI is InChI=1S/C15H17BrN6O/c1-7-5-18-10(8(2)12(7)23-4)6-22-14-11(9(3)21-22)13(16)19-15(17)20-14/h5H,6H2,1-4H3,(H2,17,19,20). The highest BCUT2D eigenvalue weighted by atomic mass is 79.9. The van der Waals surface area contributed by atoms with Gasteiger partial charge in [-0.05, 0) is 36.7 Å². The second-order valence-corrected chi connectivity index (χ2v) is 6.11. The van der Waals surface area contributed by atoms with Crippen molar-refractivity contribution in [3.63, 3.8) is 0 Å². The number of halogens is 1. The molecule has 0 bridgehead atoms. The van der Waals surface area contributed by atoms with Gasteiger partial charge in [0.15, 0.2) is 5.65 Å². The van der Waals surface area contributed by atoms with E-state index >= 15 is 0 Å². The monoisotopic (exact) mass is 376 g/mol. The van der Waals surface area contributed by atoms with Gasteiger partial charge in [0.1, 0.15) is 10.4 Å². The summed E-state index contributed by atoms with van der Waals surface area (Å²) < 4.78 is 7.90. The Bertz CT molecular complexity index is 905. The largest absolute Gasteiger partial charge is 0.496 e. The fourth-order valence-corrected chi connectivity index (χ4v) is 3.34. The number of hydrogen-bond acceptors (Lipinski definition) is 6. The maximum Gasteiger partial charge on any atom is 0.223 e. The zero-order chi connectivity index (χ0) is 16.7. The predicted octanol–water partition coefficient (Wildman–Crippen LogP) is 2.55. The number of fused-ring (bicyclic) bond motifs is 1. The topological polar surface area (TPSA) is 91.7 Å². The molecule has 2 N–H and O–H groups in total. The summed E-state index contributed by atoms with van der Waals surface area (Å²) >= 11 is 3.42. The van der Waals surface area contributed by atoms with E-state index in [1.54, 1.807) is 18.0 Å². The van der Waals surface area contributed by atoms with Gasteiger partial charge < -0.3 is 10.5 Å². The summed E-state index contributed by atoms with van der Waals surface area (Å²) in [6, 6.07) is 0. The van der Waals surface area contributed by atoms with E-state index in [1.165, 1.54) is 0 Å². The molecule has 0 fully saturated rings. The highest BCUT2D eigenvalue weighted by Crippen LogP contribution is 2.27. The van der Waals surface area contributed by atoms with Crippen LogP contribution in [-0.4, -0.2) is 31.8 Å². The normalized spacial score (nSPS) is 11.2. The third-order valence-corrected chi connectivity index (χ3v) is 4.36. The van der Waals surface area contributed by atoms with Gasteiger partial charge in [0.25, 0.3) is 0 Å². The molecule has 3 heterocycles. The van der Waals surface area contributed by atoms with Crippen LogP contribution >= 0.6 is 15.9 Å². The molecule has 0 aliphatic carbocycles. The molecule has 120 valence electrons. The number of aryl methyl sites for hydroxylation is 2. The summed E-state index contributed by atoms with van der Waals surface area (Å²) in [5.41, 5.74) is 10.2. The van der Waals surface area contributed by atoms with E-state index in [4.69, 9.17) is 10.5 Å². The number of nitrogen functional groups attached to an aromatic ring is 1. The van der Waals surface area contributed by atoms with Crippen molar-refractivity contribution >= 4 is 32.9 Å². The average molecular weight is 377 g/mol. The minimum Gasteiger partial charge on any atom is -0.496 e. The molecular weight excluding hydrogens is 360 g/mol. The van der Waals surface area contributed by atoms with Crippen molar-refractivity contribution in [3.05, 3.63) is 33.3 Å². The minimum absolute atomic E-state index is 0.205. The molecule has 3 aromatic rings. The first-order valence-electron chi connectivity index (χ1n) is 7.07. The Balaban J connectivity index is 2.13. The number of nitrogens with zero attached hydrogens (tertiary/aromatic N) is 5. The van der Waals surface area contributed by atoms with Gasteiger partial charge in [-0.2, -0.15) is 10.1 Å². The number of pyridine rings is 1. The van der Waals surface area contributed by atoms with Gasteiger partial charge in [-0.25, -0.2) is 9.67 Å². The first kappa shape index (κ1) is 15.7. The Morgan fingerprint density at radius 2 is 2.00 bits per heavy atom. The molecule has 0 atom stereocenters. The van der Waals surface area contributed by atoms with Crippen molar-refractivity contribution in [2.75, 3.05) is 12.8 Å². The van der Waals surface area contributed by atoms with Gasteiger partial charge in [0.2, 0.25) is 5.95 Å². The number of anilines is 1. The van der Waals surface area contributed by atoms with Crippen LogP contribution in [0, 0.1) is 20.8 Å². The second-order valence-electron chi connectivity index (χ2n) is 5.36. The Morgan fingerprint density at radius 1 is 1.26 bits per heavy atom. The molecule has 3 aromatic heterocycles. The molecule has 0 saturated carbocycles. The number of aromatic nitrogens is 5. The number of rotatable bonds is 3. The van der Waals surface area contributed by atoms with Gasteiger partial charge in [0, 0.05) is 17.3 Å². The summed E-state index contributed by atoms with van der Waals surface area (Å²) in [5, 5.41) is 5.41. The van der Waals surface area contributed by atoms with Crippen LogP contribution in [0.15, 0.2) is 10.8 Å². The molecule has 0 radical (unpaired) electrons. The van der Waals surface area contributed by atoms with Crippen molar-refractivity contribution in [3.8, 4) is 5.75 Å². The molecule has 3 rings (SSSR count). The molecule has 0 spiro atoms. The van der Waals surface area contributed by atoms with Crippen LogP contribution in [0.1, 0.15) is 22.5 Å². The molecule has 0 amide bonds. The molecule has 0 aliphatic rings. The van der Waals surface area contributed by atoms with Gasteiger partial charge in [-0.15, -0.1) is 0 Å². The fourth-order valence-electron chi connectivity index (χ4n) is 2.70. The molecule has 0 unspecified atom stereocenters. The van der Waals surface area contributed by atoms with Crippen molar-refractivity contribution < 1.29 is 4.74 Å². The Kier molecular flexibility index (Phi) is 3.93. The van der Waals surface area contributed by atoms with E-state index in [0.29, 0.717) is 16.8 Å². The van der Waals surface area contributed by atoms with Crippen LogP contribution in [0.5, 0.6) is 5.75 Å². The third-order valence-electron chi connectivity index (χ3n) is 3.79. The fraction of sp³-hybridized carbons (Fsp3) is 0.333. The number of methoxy groups -OCH3 is 1. The lowest BCUT2D eigenvalue weighted by Crippen LogP contribution is -2.09. The smallest absolute Gasteiger partial charge is 0.223 e. The number of nitrogens with two attached hydrogens (primary N) is 1. The van der Waals surface area contributed by atoms with Crippen LogP contribution in [0.25, 0.3) is 11.0 Å². The van der Waals surface area contributed by atoms with Crippen molar-refractivity contribution in [1.82, 2.24) is 24.7 Å². The first-order chi connectivity index (χ1) is 10.9. The molecule has 23 heavy (non-hydrogen) atoms. The first-order valence-corrected chi connectivity index (χ1v) is 7.86. The molecule has 0 aliphatic heterocycles. The summed E-state index contributed by atoms with van der Waals surface area (Å²) in [5.74, 6) is 1.05. The Labute approximate surface area is 142 Å². The summed E-state index contributed by atoms with van der Waals surface area (Å²) in [4.78, 5) is 13.0. The lowest BCUT2D eigenvalue weighted by molar-refractivity contribution is 0.406. The quantitative estimate of drug-likeness (QED) is 0.706. The highest BCUT2D eigenvalue weighted by Gasteiger charge is 2.17. The van der Waals surface area contributed by atoms with Crippen LogP contribution in [0.2, 0.25) is 0 Å². The lowest BCUT2D eigenvalue weighted by atomic mass is 10.1. The van der Waals surface area contributed by atoms with Crippen molar-refractivity contribution in [1.29, 1.82) is 0 Å². The van der Waals surface area contributed by atoms with Crippen LogP contribution in [0.4, 0.5) is 5.95 Å². The summed E-state index contributed by atoms with van der Waals surface area (Å²) in [7, 11) is 1.66. The van der Waals surface area contributed by atoms with Gasteiger partial charge in [-0.3, -0.25) is 4.98 Å². The summed E-state index contributed by atoms with van der Waals surface area (Å²) in [6.45, 7) is 6.36. The molecule has 7 nitrogen and oxygen atoms in total. The minimum atomic E-state index is 0.205. The van der Waals surface area contributed by atoms with E-state index in [2.05, 4.69) is 36.0 Å². The second kappa shape index (κ2) is 5.77. The molecule has 0 aromatic carbocycles. The van der Waals surface area contributed by atoms with Gasteiger partial charge >= 0.3 is 0 Å². The van der Waals surface area contributed by atoms with E-state index < -0.39 is 0 Å². The van der Waals surface area contributed by atoms with E-state index in [-0.39, 0.29) is 5.95 Å². The van der Waals surface area contributed by atoms with Crippen molar-refractivity contribution in [2.24, 2.45) is 0 Å². The van der Waals surface area contributed by atoms with E-state index in [0.717, 1.165) is 33.7 Å². The molecule has 0 saturated heterocycles. The maximum atomic E-state index is 5.76.